The van der Waals surface area contributed by atoms with Crippen LogP contribution in [-0.2, 0) is 4.74 Å². The van der Waals surface area contributed by atoms with Gasteiger partial charge in [0.2, 0.25) is 0 Å². The van der Waals surface area contributed by atoms with Gasteiger partial charge >= 0.3 is 6.09 Å². The maximum Gasteiger partial charge on any atom is 0.414 e. The number of ether oxygens (including phenoxy) is 1. The van der Waals surface area contributed by atoms with Crippen LogP contribution in [0.1, 0.15) is 0 Å². The van der Waals surface area contributed by atoms with Crippen molar-refractivity contribution in [3.8, 4) is 0 Å². The van der Waals surface area contributed by atoms with Crippen LogP contribution in [0.3, 0.4) is 0 Å². The van der Waals surface area contributed by atoms with Crippen molar-refractivity contribution in [3.05, 3.63) is 50.6 Å². The molecular weight excluding hydrogens is 421 g/mol. The predicted molar refractivity (Wildman–Crippen MR) is 110 cm³/mol. The number of pyridine rings is 1. The molecule has 0 spiro atoms. The van der Waals surface area contributed by atoms with E-state index in [0.29, 0.717) is 54.3 Å². The molecule has 0 unspecified atom stereocenters. The zero-order chi connectivity index (χ0) is 20.5. The van der Waals surface area contributed by atoms with Crippen LogP contribution in [-0.4, -0.2) is 55.3 Å². The van der Waals surface area contributed by atoms with Gasteiger partial charge in [0.15, 0.2) is 0 Å². The van der Waals surface area contributed by atoms with Crippen LogP contribution in [0.2, 0.25) is 10.0 Å². The Morgan fingerprint density at radius 3 is 2.38 bits per heavy atom. The van der Waals surface area contributed by atoms with Gasteiger partial charge in [0.05, 0.1) is 32.9 Å². The molecule has 2 fully saturated rings. The van der Waals surface area contributed by atoms with Crippen LogP contribution in [0.4, 0.5) is 27.7 Å². The maximum absolute atomic E-state index is 12.1. The topological polar surface area (TPSA) is 92.0 Å². The molecule has 0 atom stereocenters. The molecule has 0 radical (unpaired) electrons. The van der Waals surface area contributed by atoms with Crippen LogP contribution in [0.15, 0.2) is 30.5 Å². The molecule has 0 bridgehead atoms. The summed E-state index contributed by atoms with van der Waals surface area (Å²) < 4.78 is 5.02. The summed E-state index contributed by atoms with van der Waals surface area (Å²) in [7, 11) is 0. The monoisotopic (exact) mass is 437 g/mol. The normalized spacial score (nSPS) is 16.9. The van der Waals surface area contributed by atoms with E-state index in [2.05, 4.69) is 14.8 Å². The van der Waals surface area contributed by atoms with E-state index in [4.69, 9.17) is 27.9 Å². The van der Waals surface area contributed by atoms with Gasteiger partial charge in [0, 0.05) is 44.5 Å². The van der Waals surface area contributed by atoms with Crippen LogP contribution in [0.25, 0.3) is 0 Å². The van der Waals surface area contributed by atoms with Crippen molar-refractivity contribution >= 4 is 52.2 Å². The molecule has 9 nitrogen and oxygen atoms in total. The smallest absolute Gasteiger partial charge is 0.414 e. The molecule has 2 aliphatic rings. The number of carbonyl (C=O) groups excluding carboxylic acids is 1. The summed E-state index contributed by atoms with van der Waals surface area (Å²) in [5.41, 5.74) is 1.17. The van der Waals surface area contributed by atoms with Crippen molar-refractivity contribution in [2.45, 2.75) is 0 Å². The molecule has 1 aromatic heterocycles. The molecule has 0 saturated carbocycles. The van der Waals surface area contributed by atoms with Crippen molar-refractivity contribution in [1.82, 2.24) is 4.98 Å². The highest BCUT2D eigenvalue weighted by Gasteiger charge is 2.30. The molecule has 3 heterocycles. The fourth-order valence-electron chi connectivity index (χ4n) is 3.52. The molecule has 4 rings (SSSR count). The van der Waals surface area contributed by atoms with E-state index in [1.807, 2.05) is 0 Å². The Morgan fingerprint density at radius 2 is 1.76 bits per heavy atom. The van der Waals surface area contributed by atoms with Gasteiger partial charge in [-0.2, -0.15) is 0 Å². The summed E-state index contributed by atoms with van der Waals surface area (Å²) in [6.45, 7) is 3.18. The van der Waals surface area contributed by atoms with E-state index < -0.39 is 11.0 Å². The number of amides is 1. The van der Waals surface area contributed by atoms with Gasteiger partial charge in [-0.15, -0.1) is 0 Å². The summed E-state index contributed by atoms with van der Waals surface area (Å²) in [5, 5.41) is 12.2. The van der Waals surface area contributed by atoms with Crippen LogP contribution >= 0.6 is 23.2 Å². The highest BCUT2D eigenvalue weighted by atomic mass is 35.5. The number of piperazine rings is 1. The lowest BCUT2D eigenvalue weighted by molar-refractivity contribution is -0.384. The second-order valence-corrected chi connectivity index (χ2v) is 7.47. The predicted octanol–water partition coefficient (Wildman–Crippen LogP) is 3.58. The first-order valence-corrected chi connectivity index (χ1v) is 9.73. The average molecular weight is 438 g/mol. The fourth-order valence-corrected chi connectivity index (χ4v) is 4.02. The number of hydrogen-bond acceptors (Lipinski definition) is 7. The summed E-state index contributed by atoms with van der Waals surface area (Å²) >= 11 is 12.2. The first-order valence-electron chi connectivity index (χ1n) is 8.98. The Kier molecular flexibility index (Phi) is 5.33. The van der Waals surface area contributed by atoms with Gasteiger partial charge in [-0.05, 0) is 12.1 Å². The number of hydrogen-bond donors (Lipinski definition) is 0. The second-order valence-electron chi connectivity index (χ2n) is 6.63. The fraction of sp³-hybridized carbons (Fsp3) is 0.333. The Labute approximate surface area is 176 Å². The van der Waals surface area contributed by atoms with Gasteiger partial charge in [0.1, 0.15) is 12.4 Å². The number of halogens is 2. The second kappa shape index (κ2) is 7.92. The first-order chi connectivity index (χ1) is 13.9. The summed E-state index contributed by atoms with van der Waals surface area (Å²) in [6, 6.07) is 6.21. The zero-order valence-corrected chi connectivity index (χ0v) is 16.8. The number of cyclic esters (lactones) is 1. The third-order valence-electron chi connectivity index (χ3n) is 4.93. The summed E-state index contributed by atoms with van der Waals surface area (Å²) in [4.78, 5) is 32.7. The van der Waals surface area contributed by atoms with Crippen molar-refractivity contribution in [3.63, 3.8) is 0 Å². The lowest BCUT2D eigenvalue weighted by atomic mass is 10.1. The summed E-state index contributed by atoms with van der Waals surface area (Å²) in [6.07, 6.45) is 1.06. The largest absolute Gasteiger partial charge is 0.447 e. The molecule has 152 valence electrons. The minimum absolute atomic E-state index is 0.0702. The lowest BCUT2D eigenvalue weighted by Crippen LogP contribution is -2.47. The lowest BCUT2D eigenvalue weighted by Gasteiger charge is -2.38. The number of benzene rings is 1. The molecule has 0 aliphatic carbocycles. The average Bonchev–Trinajstić information content (AvgIpc) is 3.13. The minimum Gasteiger partial charge on any atom is -0.447 e. The van der Waals surface area contributed by atoms with E-state index in [-0.39, 0.29) is 12.3 Å². The maximum atomic E-state index is 12.1. The van der Waals surface area contributed by atoms with Crippen LogP contribution in [0.5, 0.6) is 0 Å². The Morgan fingerprint density at radius 1 is 1.03 bits per heavy atom. The van der Waals surface area contributed by atoms with Gasteiger partial charge in [-0.25, -0.2) is 9.78 Å². The number of anilines is 3. The van der Waals surface area contributed by atoms with E-state index in [9.17, 15) is 14.9 Å². The van der Waals surface area contributed by atoms with Crippen molar-refractivity contribution in [2.24, 2.45) is 0 Å². The molecule has 0 N–H and O–H groups in total. The first kappa shape index (κ1) is 19.5. The van der Waals surface area contributed by atoms with E-state index in [1.165, 1.54) is 17.0 Å². The molecule has 1 aromatic carbocycles. The van der Waals surface area contributed by atoms with Gasteiger partial charge in [-0.3, -0.25) is 15.0 Å². The molecule has 11 heteroatoms. The molecule has 29 heavy (non-hydrogen) atoms. The number of aromatic nitrogens is 1. The van der Waals surface area contributed by atoms with Gasteiger partial charge < -0.3 is 14.5 Å². The van der Waals surface area contributed by atoms with E-state index in [1.54, 1.807) is 18.3 Å². The number of nitrogens with zero attached hydrogens (tertiary/aromatic N) is 5. The third kappa shape index (κ3) is 3.88. The molecule has 2 saturated heterocycles. The standard InChI is InChI=1S/C18H17Cl2N5O4/c19-12-9-14(20)17(21-11-12)23-5-3-22(4-6-23)15-2-1-13(25(27)28)10-16(15)24-7-8-29-18(24)26/h1-2,9-11H,3-8H2. The Bertz CT molecular complexity index is 965. The minimum atomic E-state index is -0.498. The quantitative estimate of drug-likeness (QED) is 0.532. The third-order valence-corrected chi connectivity index (χ3v) is 5.41. The van der Waals surface area contributed by atoms with Crippen LogP contribution < -0.4 is 14.7 Å². The number of rotatable bonds is 4. The van der Waals surface area contributed by atoms with Crippen molar-refractivity contribution in [1.29, 1.82) is 0 Å². The van der Waals surface area contributed by atoms with E-state index >= 15 is 0 Å². The SMILES string of the molecule is O=C1OCCN1c1cc([N+](=O)[O-])ccc1N1CCN(c2ncc(Cl)cc2Cl)CC1. The van der Waals surface area contributed by atoms with Crippen molar-refractivity contribution < 1.29 is 14.5 Å². The number of nitro groups is 1. The summed E-state index contributed by atoms with van der Waals surface area (Å²) in [5.74, 6) is 0.669. The molecule has 1 amide bonds. The number of non-ortho nitro benzene ring substituents is 1. The zero-order valence-electron chi connectivity index (χ0n) is 15.3. The molecule has 2 aromatic rings. The highest BCUT2D eigenvalue weighted by Crippen LogP contribution is 2.36. The molecule has 2 aliphatic heterocycles. The number of nitro benzene ring substituents is 1. The van der Waals surface area contributed by atoms with Crippen LogP contribution in [0, 0.1) is 10.1 Å². The Hall–Kier alpha value is -2.78. The highest BCUT2D eigenvalue weighted by molar-refractivity contribution is 6.36. The van der Waals surface area contributed by atoms with Crippen molar-refractivity contribution in [2.75, 3.05) is 54.0 Å². The van der Waals surface area contributed by atoms with Gasteiger partial charge in [0.25, 0.3) is 5.69 Å². The number of carbonyl (C=O) groups is 1. The van der Waals surface area contributed by atoms with E-state index in [0.717, 1.165) is 5.69 Å². The van der Waals surface area contributed by atoms with Gasteiger partial charge in [-0.1, -0.05) is 23.2 Å². The Balaban J connectivity index is 1.57. The molecular formula is C18H17Cl2N5O4.